The Hall–Kier alpha value is -2.07. The molecule has 0 radical (unpaired) electrons. The molecule has 0 amide bonds. The van der Waals surface area contributed by atoms with Gasteiger partial charge in [0, 0.05) is 24.7 Å². The summed E-state index contributed by atoms with van der Waals surface area (Å²) >= 11 is 6.57. The Kier molecular flexibility index (Phi) is 5.33. The van der Waals surface area contributed by atoms with Crippen LogP contribution in [-0.4, -0.2) is 27.4 Å². The van der Waals surface area contributed by atoms with Gasteiger partial charge in [0.25, 0.3) is 0 Å². The molecule has 0 unspecified atom stereocenters. The highest BCUT2D eigenvalue weighted by Gasteiger charge is 2.29. The monoisotopic (exact) mass is 396 g/mol. The highest BCUT2D eigenvalue weighted by molar-refractivity contribution is 6.32. The summed E-state index contributed by atoms with van der Waals surface area (Å²) in [6, 6.07) is 8.94. The molecule has 0 aliphatic carbocycles. The van der Waals surface area contributed by atoms with Crippen LogP contribution in [0.3, 0.4) is 0 Å². The third kappa shape index (κ3) is 3.28. The molecule has 0 bridgehead atoms. The Morgan fingerprint density at radius 2 is 1.82 bits per heavy atom. The van der Waals surface area contributed by atoms with E-state index in [0.717, 1.165) is 41.3 Å². The molecular weight excluding hydrogens is 368 g/mol. The molecule has 148 valence electrons. The van der Waals surface area contributed by atoms with Crippen LogP contribution < -0.4 is 4.90 Å². The van der Waals surface area contributed by atoms with Gasteiger partial charge in [-0.25, -0.2) is 9.67 Å². The molecule has 4 nitrogen and oxygen atoms in total. The van der Waals surface area contributed by atoms with Crippen LogP contribution in [0.5, 0.6) is 0 Å². The minimum absolute atomic E-state index is 0.583. The molecule has 0 saturated heterocycles. The minimum atomic E-state index is 0.583. The molecular formula is C23H29ClN4. The number of halogens is 1. The Morgan fingerprint density at radius 1 is 1.07 bits per heavy atom. The van der Waals surface area contributed by atoms with Crippen LogP contribution in [-0.2, 0) is 6.42 Å². The van der Waals surface area contributed by atoms with E-state index in [1.54, 1.807) is 0 Å². The molecule has 0 N–H and O–H groups in total. The lowest BCUT2D eigenvalue weighted by Crippen LogP contribution is -2.39. The topological polar surface area (TPSA) is 34.0 Å². The van der Waals surface area contributed by atoms with Gasteiger partial charge in [0.05, 0.1) is 27.5 Å². The zero-order chi connectivity index (χ0) is 19.8. The van der Waals surface area contributed by atoms with Gasteiger partial charge in [-0.3, -0.25) is 0 Å². The third-order valence-corrected chi connectivity index (χ3v) is 6.04. The van der Waals surface area contributed by atoms with E-state index < -0.39 is 0 Å². The maximum absolute atomic E-state index is 6.57. The molecule has 3 heterocycles. The first-order valence-corrected chi connectivity index (χ1v) is 10.8. The van der Waals surface area contributed by atoms with Crippen LogP contribution in [0.15, 0.2) is 24.3 Å². The zero-order valence-electron chi connectivity index (χ0n) is 17.3. The van der Waals surface area contributed by atoms with Gasteiger partial charge >= 0.3 is 0 Å². The van der Waals surface area contributed by atoms with Crippen molar-refractivity contribution in [3.8, 4) is 5.69 Å². The molecule has 0 spiro atoms. The Morgan fingerprint density at radius 3 is 2.50 bits per heavy atom. The lowest BCUT2D eigenvalue weighted by molar-refractivity contribution is 0.501. The maximum atomic E-state index is 6.57. The number of hydrogen-bond acceptors (Lipinski definition) is 3. The van der Waals surface area contributed by atoms with Gasteiger partial charge in [-0.1, -0.05) is 44.4 Å². The van der Waals surface area contributed by atoms with Gasteiger partial charge in [0.1, 0.15) is 0 Å². The molecule has 0 atom stereocenters. The third-order valence-electron chi connectivity index (χ3n) is 5.73. The van der Waals surface area contributed by atoms with Crippen molar-refractivity contribution in [2.75, 3.05) is 11.4 Å². The highest BCUT2D eigenvalue weighted by atomic mass is 35.5. The van der Waals surface area contributed by atoms with Gasteiger partial charge in [-0.15, -0.1) is 0 Å². The second-order valence-electron chi connectivity index (χ2n) is 7.97. The van der Waals surface area contributed by atoms with Crippen molar-refractivity contribution in [2.24, 2.45) is 0 Å². The van der Waals surface area contributed by atoms with Crippen molar-refractivity contribution in [1.29, 1.82) is 0 Å². The fourth-order valence-electron chi connectivity index (χ4n) is 4.49. The SMILES string of the molecule is CCCC(CCC)N1CCc2nn(-c3ccc(C)cc3Cl)c3nc(C)cc1c23. The van der Waals surface area contributed by atoms with Crippen LogP contribution >= 0.6 is 11.6 Å². The number of hydrogen-bond donors (Lipinski definition) is 0. The van der Waals surface area contributed by atoms with Gasteiger partial charge in [0.15, 0.2) is 5.65 Å². The predicted octanol–water partition coefficient (Wildman–Crippen LogP) is 6.02. The summed E-state index contributed by atoms with van der Waals surface area (Å²) in [7, 11) is 0. The van der Waals surface area contributed by atoms with E-state index in [0.29, 0.717) is 11.1 Å². The molecule has 0 saturated carbocycles. The molecule has 1 aromatic carbocycles. The number of anilines is 1. The first-order valence-electron chi connectivity index (χ1n) is 10.5. The Bertz CT molecular complexity index is 1000. The standard InChI is InChI=1S/C23H29ClN4/c1-5-7-17(8-6-2)27-12-11-19-22-21(27)14-16(4)25-23(22)28(26-19)20-10-9-15(3)13-18(20)24/h9-10,13-14,17H,5-8,11-12H2,1-4H3. The van der Waals surface area contributed by atoms with Gasteiger partial charge in [-0.2, -0.15) is 5.10 Å². The number of aromatic nitrogens is 3. The summed E-state index contributed by atoms with van der Waals surface area (Å²) in [5.74, 6) is 0. The van der Waals surface area contributed by atoms with E-state index >= 15 is 0 Å². The predicted molar refractivity (Wildman–Crippen MR) is 118 cm³/mol. The van der Waals surface area contributed by atoms with Crippen molar-refractivity contribution < 1.29 is 0 Å². The molecule has 1 aliphatic rings. The lowest BCUT2D eigenvalue weighted by Gasteiger charge is -2.36. The largest absolute Gasteiger partial charge is 0.367 e. The average Bonchev–Trinajstić information content (AvgIpc) is 3.01. The Labute approximate surface area is 172 Å². The van der Waals surface area contributed by atoms with Crippen LogP contribution in [0.2, 0.25) is 5.02 Å². The van der Waals surface area contributed by atoms with Gasteiger partial charge in [0.2, 0.25) is 0 Å². The normalized spacial score (nSPS) is 13.7. The van der Waals surface area contributed by atoms with Crippen LogP contribution in [0.1, 0.15) is 56.5 Å². The summed E-state index contributed by atoms with van der Waals surface area (Å²) in [5, 5.41) is 6.86. The van der Waals surface area contributed by atoms with Crippen molar-refractivity contribution in [3.05, 3.63) is 46.2 Å². The van der Waals surface area contributed by atoms with E-state index in [2.05, 4.69) is 44.7 Å². The van der Waals surface area contributed by atoms with Crippen molar-refractivity contribution in [3.63, 3.8) is 0 Å². The van der Waals surface area contributed by atoms with E-state index in [-0.39, 0.29) is 0 Å². The van der Waals surface area contributed by atoms with E-state index in [1.807, 2.05) is 16.8 Å². The molecule has 1 aliphatic heterocycles. The number of pyridine rings is 1. The fourth-order valence-corrected chi connectivity index (χ4v) is 4.80. The van der Waals surface area contributed by atoms with Crippen LogP contribution in [0.25, 0.3) is 16.7 Å². The summed E-state index contributed by atoms with van der Waals surface area (Å²) in [6.07, 6.45) is 5.82. The zero-order valence-corrected chi connectivity index (χ0v) is 18.1. The average molecular weight is 397 g/mol. The van der Waals surface area contributed by atoms with E-state index in [4.69, 9.17) is 21.7 Å². The molecule has 4 rings (SSSR count). The first-order chi connectivity index (χ1) is 13.5. The molecule has 3 aromatic rings. The van der Waals surface area contributed by atoms with Gasteiger partial charge < -0.3 is 4.90 Å². The van der Waals surface area contributed by atoms with Crippen LogP contribution in [0, 0.1) is 13.8 Å². The summed E-state index contributed by atoms with van der Waals surface area (Å²) in [6.45, 7) is 9.71. The lowest BCUT2D eigenvalue weighted by atomic mass is 9.99. The van der Waals surface area contributed by atoms with E-state index in [1.165, 1.54) is 36.8 Å². The number of benzene rings is 1. The Balaban J connectivity index is 1.90. The number of nitrogens with zero attached hydrogens (tertiary/aromatic N) is 4. The van der Waals surface area contributed by atoms with Crippen molar-refractivity contribution in [2.45, 2.75) is 65.8 Å². The van der Waals surface area contributed by atoms with Crippen molar-refractivity contribution in [1.82, 2.24) is 14.8 Å². The second kappa shape index (κ2) is 7.75. The molecule has 28 heavy (non-hydrogen) atoms. The quantitative estimate of drug-likeness (QED) is 0.510. The summed E-state index contributed by atoms with van der Waals surface area (Å²) in [4.78, 5) is 7.49. The van der Waals surface area contributed by atoms with Gasteiger partial charge in [-0.05, 0) is 50.5 Å². The number of aryl methyl sites for hydroxylation is 2. The van der Waals surface area contributed by atoms with Crippen LogP contribution in [0.4, 0.5) is 5.69 Å². The summed E-state index contributed by atoms with van der Waals surface area (Å²) < 4.78 is 1.95. The van der Waals surface area contributed by atoms with Crippen molar-refractivity contribution >= 4 is 28.3 Å². The fraction of sp³-hybridized carbons (Fsp3) is 0.478. The minimum Gasteiger partial charge on any atom is -0.367 e. The summed E-state index contributed by atoms with van der Waals surface area (Å²) in [5.41, 5.74) is 6.43. The molecule has 5 heteroatoms. The first kappa shape index (κ1) is 19.3. The molecule has 2 aromatic heterocycles. The number of rotatable bonds is 6. The molecule has 0 fully saturated rings. The highest BCUT2D eigenvalue weighted by Crippen LogP contribution is 2.38. The van der Waals surface area contributed by atoms with E-state index in [9.17, 15) is 0 Å². The second-order valence-corrected chi connectivity index (χ2v) is 8.38. The smallest absolute Gasteiger partial charge is 0.165 e. The maximum Gasteiger partial charge on any atom is 0.165 e.